The summed E-state index contributed by atoms with van der Waals surface area (Å²) in [5.74, 6) is -2.44. The molecule has 2 aromatic rings. The Kier molecular flexibility index (Phi) is 3.05. The number of carbonyl (C=O) groups is 2. The second-order valence-corrected chi connectivity index (χ2v) is 4.95. The molecule has 0 saturated heterocycles. The third-order valence-corrected chi connectivity index (χ3v) is 3.57. The maximum absolute atomic E-state index is 13.3. The van der Waals surface area contributed by atoms with Crippen molar-refractivity contribution < 1.29 is 18.4 Å². The molecule has 5 heteroatoms. The molecule has 0 bridgehead atoms. The number of carbonyl (C=O) groups excluding carboxylic acids is 2. The van der Waals surface area contributed by atoms with Gasteiger partial charge in [0.2, 0.25) is 0 Å². The van der Waals surface area contributed by atoms with Crippen molar-refractivity contribution in [1.29, 1.82) is 0 Å². The van der Waals surface area contributed by atoms with Crippen molar-refractivity contribution in [3.8, 4) is 0 Å². The molecule has 2 aromatic carbocycles. The van der Waals surface area contributed by atoms with Gasteiger partial charge >= 0.3 is 0 Å². The van der Waals surface area contributed by atoms with Gasteiger partial charge in [-0.2, -0.15) is 0 Å². The predicted molar refractivity (Wildman–Crippen MR) is 73.1 cm³/mol. The molecule has 0 spiro atoms. The van der Waals surface area contributed by atoms with Crippen molar-refractivity contribution in [3.05, 3.63) is 64.7 Å². The van der Waals surface area contributed by atoms with E-state index in [-0.39, 0.29) is 12.1 Å². The highest BCUT2D eigenvalue weighted by Crippen LogP contribution is 2.31. The second-order valence-electron chi connectivity index (χ2n) is 4.95. The Morgan fingerprint density at radius 3 is 2.43 bits per heavy atom. The Balaban J connectivity index is 2.02. The van der Waals surface area contributed by atoms with Crippen LogP contribution in [-0.2, 0) is 11.3 Å². The van der Waals surface area contributed by atoms with Crippen molar-refractivity contribution in [3.63, 3.8) is 0 Å². The number of rotatable bonds is 2. The molecule has 1 aliphatic rings. The van der Waals surface area contributed by atoms with Gasteiger partial charge in [-0.3, -0.25) is 9.59 Å². The average molecular weight is 287 g/mol. The van der Waals surface area contributed by atoms with E-state index >= 15 is 0 Å². The number of ketones is 1. The molecule has 3 rings (SSSR count). The predicted octanol–water partition coefficient (Wildman–Crippen LogP) is 3.00. The first-order valence-corrected chi connectivity index (χ1v) is 6.38. The summed E-state index contributed by atoms with van der Waals surface area (Å²) in [7, 11) is 0. The van der Waals surface area contributed by atoms with Gasteiger partial charge < -0.3 is 4.90 Å². The third-order valence-electron chi connectivity index (χ3n) is 3.57. The lowest BCUT2D eigenvalue weighted by Gasteiger charge is -2.18. The summed E-state index contributed by atoms with van der Waals surface area (Å²) in [6, 6.07) is 7.90. The topological polar surface area (TPSA) is 37.4 Å². The Labute approximate surface area is 119 Å². The number of nitrogens with zero attached hydrogens (tertiary/aromatic N) is 1. The monoisotopic (exact) mass is 287 g/mol. The standard InChI is InChI=1S/C16H11F2NO2/c1-9-2-3-11(17)6-10(9)8-19-14-5-4-12(18)7-13(14)15(20)16(19)21/h2-7H,8H2,1H3. The van der Waals surface area contributed by atoms with Crippen LogP contribution in [0.3, 0.4) is 0 Å². The highest BCUT2D eigenvalue weighted by molar-refractivity contribution is 6.52. The van der Waals surface area contributed by atoms with Gasteiger partial charge in [-0.25, -0.2) is 8.78 Å². The van der Waals surface area contributed by atoms with Crippen LogP contribution in [0, 0.1) is 18.6 Å². The van der Waals surface area contributed by atoms with Crippen LogP contribution in [0.15, 0.2) is 36.4 Å². The van der Waals surface area contributed by atoms with Gasteiger partial charge in [0.15, 0.2) is 0 Å². The molecule has 0 saturated carbocycles. The summed E-state index contributed by atoms with van der Waals surface area (Å²) in [5.41, 5.74) is 1.82. The molecular formula is C16H11F2NO2. The smallest absolute Gasteiger partial charge is 0.299 e. The zero-order valence-electron chi connectivity index (χ0n) is 11.2. The molecule has 0 fully saturated rings. The Bertz CT molecular complexity index is 771. The highest BCUT2D eigenvalue weighted by Gasteiger charge is 2.36. The molecule has 0 unspecified atom stereocenters. The maximum atomic E-state index is 13.3. The fourth-order valence-corrected chi connectivity index (χ4v) is 2.41. The Morgan fingerprint density at radius 1 is 1.00 bits per heavy atom. The molecule has 1 amide bonds. The second kappa shape index (κ2) is 4.77. The lowest BCUT2D eigenvalue weighted by molar-refractivity contribution is -0.114. The molecular weight excluding hydrogens is 276 g/mol. The van der Waals surface area contributed by atoms with Crippen molar-refractivity contribution in [1.82, 2.24) is 0 Å². The maximum Gasteiger partial charge on any atom is 0.299 e. The summed E-state index contributed by atoms with van der Waals surface area (Å²) < 4.78 is 26.5. The van der Waals surface area contributed by atoms with Crippen LogP contribution in [0.4, 0.5) is 14.5 Å². The van der Waals surface area contributed by atoms with Gasteiger partial charge in [-0.05, 0) is 48.4 Å². The van der Waals surface area contributed by atoms with Crippen molar-refractivity contribution in [2.45, 2.75) is 13.5 Å². The number of fused-ring (bicyclic) bond motifs is 1. The average Bonchev–Trinajstić information content (AvgIpc) is 2.68. The lowest BCUT2D eigenvalue weighted by atomic mass is 10.1. The zero-order chi connectivity index (χ0) is 15.1. The number of anilines is 1. The molecule has 1 aliphatic heterocycles. The lowest BCUT2D eigenvalue weighted by Crippen LogP contribution is -2.29. The largest absolute Gasteiger partial charge is 0.300 e. The summed E-state index contributed by atoms with van der Waals surface area (Å²) >= 11 is 0. The number of Topliss-reactive ketones (excluding diaryl/α,β-unsaturated/α-hetero) is 1. The third kappa shape index (κ3) is 2.20. The minimum Gasteiger partial charge on any atom is -0.300 e. The van der Waals surface area contributed by atoms with E-state index in [9.17, 15) is 18.4 Å². The molecule has 0 radical (unpaired) electrons. The van der Waals surface area contributed by atoms with Gasteiger partial charge in [0.1, 0.15) is 11.6 Å². The highest BCUT2D eigenvalue weighted by atomic mass is 19.1. The fraction of sp³-hybridized carbons (Fsp3) is 0.125. The first kappa shape index (κ1) is 13.4. The van der Waals surface area contributed by atoms with E-state index in [1.54, 1.807) is 13.0 Å². The first-order valence-electron chi connectivity index (χ1n) is 6.38. The van der Waals surface area contributed by atoms with E-state index in [0.717, 1.165) is 11.6 Å². The SMILES string of the molecule is Cc1ccc(F)cc1CN1C(=O)C(=O)c2cc(F)ccc21. The normalized spacial score (nSPS) is 13.8. The van der Waals surface area contributed by atoms with Crippen molar-refractivity contribution in [2.24, 2.45) is 0 Å². The van der Waals surface area contributed by atoms with Crippen LogP contribution in [0.2, 0.25) is 0 Å². The van der Waals surface area contributed by atoms with E-state index < -0.39 is 23.3 Å². The van der Waals surface area contributed by atoms with Gasteiger partial charge in [0.25, 0.3) is 11.7 Å². The minimum absolute atomic E-state index is 0.0501. The van der Waals surface area contributed by atoms with Crippen LogP contribution in [0.25, 0.3) is 0 Å². The molecule has 0 aromatic heterocycles. The molecule has 0 N–H and O–H groups in total. The van der Waals surface area contributed by atoms with Crippen molar-refractivity contribution >= 4 is 17.4 Å². The van der Waals surface area contributed by atoms with Gasteiger partial charge in [0.05, 0.1) is 17.8 Å². The number of hydrogen-bond acceptors (Lipinski definition) is 2. The van der Waals surface area contributed by atoms with Gasteiger partial charge in [0, 0.05) is 0 Å². The van der Waals surface area contributed by atoms with Crippen LogP contribution >= 0.6 is 0 Å². The molecule has 21 heavy (non-hydrogen) atoms. The van der Waals surface area contributed by atoms with E-state index in [1.165, 1.54) is 29.2 Å². The molecule has 3 nitrogen and oxygen atoms in total. The van der Waals surface area contributed by atoms with Crippen LogP contribution < -0.4 is 4.90 Å². The number of halogens is 2. The van der Waals surface area contributed by atoms with E-state index in [4.69, 9.17) is 0 Å². The Hall–Kier alpha value is -2.56. The number of aryl methyl sites for hydroxylation is 1. The molecule has 0 aliphatic carbocycles. The summed E-state index contributed by atoms with van der Waals surface area (Å²) in [4.78, 5) is 25.2. The summed E-state index contributed by atoms with van der Waals surface area (Å²) in [6.45, 7) is 1.87. The fourth-order valence-electron chi connectivity index (χ4n) is 2.41. The van der Waals surface area contributed by atoms with E-state index in [0.29, 0.717) is 11.3 Å². The van der Waals surface area contributed by atoms with Gasteiger partial charge in [-0.1, -0.05) is 6.07 Å². The number of benzene rings is 2. The number of hydrogen-bond donors (Lipinski definition) is 0. The Morgan fingerprint density at radius 2 is 1.67 bits per heavy atom. The van der Waals surface area contributed by atoms with Crippen LogP contribution in [0.1, 0.15) is 21.5 Å². The van der Waals surface area contributed by atoms with Crippen molar-refractivity contribution in [2.75, 3.05) is 4.90 Å². The van der Waals surface area contributed by atoms with E-state index in [2.05, 4.69) is 0 Å². The summed E-state index contributed by atoms with van der Waals surface area (Å²) in [5, 5.41) is 0. The summed E-state index contributed by atoms with van der Waals surface area (Å²) in [6.07, 6.45) is 0. The molecule has 106 valence electrons. The molecule has 0 atom stereocenters. The van der Waals surface area contributed by atoms with Crippen LogP contribution in [0.5, 0.6) is 0 Å². The minimum atomic E-state index is -0.737. The van der Waals surface area contributed by atoms with Crippen LogP contribution in [-0.4, -0.2) is 11.7 Å². The zero-order valence-corrected chi connectivity index (χ0v) is 11.2. The first-order chi connectivity index (χ1) is 9.97. The van der Waals surface area contributed by atoms with Gasteiger partial charge in [-0.15, -0.1) is 0 Å². The molecule has 1 heterocycles. The van der Waals surface area contributed by atoms with E-state index in [1.807, 2.05) is 0 Å². The number of amides is 1. The quantitative estimate of drug-likeness (QED) is 0.796.